The molecule has 1 heterocycles. The van der Waals surface area contributed by atoms with Gasteiger partial charge in [-0.3, -0.25) is 0 Å². The summed E-state index contributed by atoms with van der Waals surface area (Å²) >= 11 is 0. The molecule has 1 saturated heterocycles. The molecule has 2 heteroatoms. The third-order valence-electron chi connectivity index (χ3n) is 3.92. The SMILES string of the molecule is C[C@]12CCC[C@H]1O[C@@H](c1ccccc1)OC2. The van der Waals surface area contributed by atoms with Gasteiger partial charge in [-0.1, -0.05) is 43.7 Å². The highest BCUT2D eigenvalue weighted by Crippen LogP contribution is 2.46. The highest BCUT2D eigenvalue weighted by Gasteiger charge is 2.45. The van der Waals surface area contributed by atoms with E-state index in [2.05, 4.69) is 19.1 Å². The van der Waals surface area contributed by atoms with Gasteiger partial charge in [-0.25, -0.2) is 0 Å². The minimum Gasteiger partial charge on any atom is -0.348 e. The number of ether oxygens (including phenoxy) is 2. The van der Waals surface area contributed by atoms with Crippen LogP contribution in [0.3, 0.4) is 0 Å². The smallest absolute Gasteiger partial charge is 0.184 e. The van der Waals surface area contributed by atoms with Crippen LogP contribution in [0.1, 0.15) is 38.0 Å². The summed E-state index contributed by atoms with van der Waals surface area (Å²) in [4.78, 5) is 0. The second-order valence-corrected chi connectivity index (χ2v) is 5.22. The van der Waals surface area contributed by atoms with Crippen molar-refractivity contribution in [3.05, 3.63) is 35.9 Å². The average molecular weight is 218 g/mol. The molecule has 16 heavy (non-hydrogen) atoms. The molecule has 3 rings (SSSR count). The Morgan fingerprint density at radius 1 is 1.25 bits per heavy atom. The third kappa shape index (κ3) is 1.66. The summed E-state index contributed by atoms with van der Waals surface area (Å²) in [6, 6.07) is 10.2. The van der Waals surface area contributed by atoms with Crippen molar-refractivity contribution in [3.63, 3.8) is 0 Å². The van der Waals surface area contributed by atoms with E-state index in [0.29, 0.717) is 6.10 Å². The summed E-state index contributed by atoms with van der Waals surface area (Å²) < 4.78 is 11.9. The van der Waals surface area contributed by atoms with E-state index in [0.717, 1.165) is 12.2 Å². The zero-order chi connectivity index (χ0) is 11.0. The predicted molar refractivity (Wildman–Crippen MR) is 62.0 cm³/mol. The van der Waals surface area contributed by atoms with Crippen LogP contribution in [0.15, 0.2) is 30.3 Å². The molecule has 1 aromatic carbocycles. The topological polar surface area (TPSA) is 18.5 Å². The molecule has 2 fully saturated rings. The summed E-state index contributed by atoms with van der Waals surface area (Å²) in [5.74, 6) is 0. The summed E-state index contributed by atoms with van der Waals surface area (Å²) in [6.45, 7) is 3.11. The van der Waals surface area contributed by atoms with Crippen LogP contribution in [-0.2, 0) is 9.47 Å². The molecule has 86 valence electrons. The first kappa shape index (κ1) is 10.3. The second kappa shape index (κ2) is 3.86. The van der Waals surface area contributed by atoms with Crippen LogP contribution >= 0.6 is 0 Å². The molecule has 0 radical (unpaired) electrons. The van der Waals surface area contributed by atoms with Crippen LogP contribution in [0.5, 0.6) is 0 Å². The normalized spacial score (nSPS) is 38.3. The van der Waals surface area contributed by atoms with Crippen molar-refractivity contribution in [2.45, 2.75) is 38.6 Å². The molecule has 0 N–H and O–H groups in total. The fourth-order valence-electron chi connectivity index (χ4n) is 2.84. The van der Waals surface area contributed by atoms with Gasteiger partial charge >= 0.3 is 0 Å². The summed E-state index contributed by atoms with van der Waals surface area (Å²) in [5, 5.41) is 0. The molecule has 2 nitrogen and oxygen atoms in total. The van der Waals surface area contributed by atoms with E-state index in [4.69, 9.17) is 9.47 Å². The number of rotatable bonds is 1. The lowest BCUT2D eigenvalue weighted by molar-refractivity contribution is -0.259. The quantitative estimate of drug-likeness (QED) is 0.720. The van der Waals surface area contributed by atoms with Crippen LogP contribution in [0.4, 0.5) is 0 Å². The van der Waals surface area contributed by atoms with E-state index < -0.39 is 0 Å². The number of benzene rings is 1. The van der Waals surface area contributed by atoms with Crippen LogP contribution in [-0.4, -0.2) is 12.7 Å². The molecule has 0 amide bonds. The Bertz CT molecular complexity index is 362. The maximum Gasteiger partial charge on any atom is 0.184 e. The molecule has 1 aromatic rings. The molecule has 0 spiro atoms. The van der Waals surface area contributed by atoms with Crippen LogP contribution < -0.4 is 0 Å². The lowest BCUT2D eigenvalue weighted by atomic mass is 9.86. The van der Waals surface area contributed by atoms with Gasteiger partial charge in [-0.2, -0.15) is 0 Å². The monoisotopic (exact) mass is 218 g/mol. The Labute approximate surface area is 96.6 Å². The number of fused-ring (bicyclic) bond motifs is 1. The van der Waals surface area contributed by atoms with Crippen molar-refractivity contribution in [2.75, 3.05) is 6.61 Å². The van der Waals surface area contributed by atoms with Gasteiger partial charge in [0.05, 0.1) is 12.7 Å². The summed E-state index contributed by atoms with van der Waals surface area (Å²) in [6.07, 6.45) is 3.91. The van der Waals surface area contributed by atoms with Gasteiger partial charge in [-0.15, -0.1) is 0 Å². The molecule has 3 atom stereocenters. The second-order valence-electron chi connectivity index (χ2n) is 5.22. The lowest BCUT2D eigenvalue weighted by Crippen LogP contribution is -2.40. The van der Waals surface area contributed by atoms with Gasteiger partial charge in [-0.05, 0) is 12.8 Å². The van der Waals surface area contributed by atoms with Gasteiger partial charge in [0.25, 0.3) is 0 Å². The van der Waals surface area contributed by atoms with E-state index in [-0.39, 0.29) is 11.7 Å². The molecule has 0 aromatic heterocycles. The molecule has 0 unspecified atom stereocenters. The largest absolute Gasteiger partial charge is 0.348 e. The van der Waals surface area contributed by atoms with E-state index in [1.54, 1.807) is 0 Å². The minimum atomic E-state index is -0.155. The first-order valence-electron chi connectivity index (χ1n) is 6.10. The van der Waals surface area contributed by atoms with Crippen molar-refractivity contribution in [2.24, 2.45) is 5.41 Å². The van der Waals surface area contributed by atoms with Gasteiger partial charge in [0.1, 0.15) is 0 Å². The fourth-order valence-corrected chi connectivity index (χ4v) is 2.84. The predicted octanol–water partition coefficient (Wildman–Crippen LogP) is 3.29. The van der Waals surface area contributed by atoms with Crippen molar-refractivity contribution < 1.29 is 9.47 Å². The fraction of sp³-hybridized carbons (Fsp3) is 0.571. The Kier molecular flexibility index (Phi) is 2.49. The Morgan fingerprint density at radius 2 is 2.06 bits per heavy atom. The zero-order valence-electron chi connectivity index (χ0n) is 9.69. The highest BCUT2D eigenvalue weighted by atomic mass is 16.7. The molecule has 1 aliphatic heterocycles. The zero-order valence-corrected chi connectivity index (χ0v) is 9.69. The van der Waals surface area contributed by atoms with Gasteiger partial charge in [0.2, 0.25) is 0 Å². The first-order chi connectivity index (χ1) is 7.78. The van der Waals surface area contributed by atoms with Gasteiger partial charge in [0, 0.05) is 11.0 Å². The van der Waals surface area contributed by atoms with Crippen LogP contribution in [0.2, 0.25) is 0 Å². The molecular weight excluding hydrogens is 200 g/mol. The standard InChI is InChI=1S/C14H18O2/c1-14-9-5-8-12(14)16-13(15-10-14)11-6-3-2-4-7-11/h2-4,6-7,12-13H,5,8-10H2,1H3/t12-,13+,14-/m1/s1. The third-order valence-corrected chi connectivity index (χ3v) is 3.92. The van der Waals surface area contributed by atoms with Crippen molar-refractivity contribution >= 4 is 0 Å². The van der Waals surface area contributed by atoms with E-state index in [1.165, 1.54) is 19.3 Å². The van der Waals surface area contributed by atoms with Crippen LogP contribution in [0.25, 0.3) is 0 Å². The van der Waals surface area contributed by atoms with Crippen molar-refractivity contribution in [3.8, 4) is 0 Å². The first-order valence-corrected chi connectivity index (χ1v) is 6.10. The summed E-state index contributed by atoms with van der Waals surface area (Å²) in [5.41, 5.74) is 1.39. The maximum atomic E-state index is 6.08. The maximum absolute atomic E-state index is 6.08. The summed E-state index contributed by atoms with van der Waals surface area (Å²) in [7, 11) is 0. The average Bonchev–Trinajstić information content (AvgIpc) is 2.70. The highest BCUT2D eigenvalue weighted by molar-refractivity contribution is 5.16. The van der Waals surface area contributed by atoms with Gasteiger partial charge in [0.15, 0.2) is 6.29 Å². The Morgan fingerprint density at radius 3 is 2.88 bits per heavy atom. The van der Waals surface area contributed by atoms with E-state index >= 15 is 0 Å². The minimum absolute atomic E-state index is 0.155. The Hall–Kier alpha value is -0.860. The molecular formula is C14H18O2. The number of hydrogen-bond donors (Lipinski definition) is 0. The molecule has 1 aliphatic carbocycles. The molecule has 0 bridgehead atoms. The van der Waals surface area contributed by atoms with Crippen molar-refractivity contribution in [1.29, 1.82) is 0 Å². The molecule has 1 saturated carbocycles. The van der Waals surface area contributed by atoms with Crippen molar-refractivity contribution in [1.82, 2.24) is 0 Å². The van der Waals surface area contributed by atoms with E-state index in [9.17, 15) is 0 Å². The lowest BCUT2D eigenvalue weighted by Gasteiger charge is -2.40. The number of hydrogen-bond acceptors (Lipinski definition) is 2. The molecule has 2 aliphatic rings. The van der Waals surface area contributed by atoms with Crippen LogP contribution in [0, 0.1) is 5.41 Å². The Balaban J connectivity index is 1.77. The van der Waals surface area contributed by atoms with Gasteiger partial charge < -0.3 is 9.47 Å². The van der Waals surface area contributed by atoms with E-state index in [1.807, 2.05) is 18.2 Å².